The molecule has 0 aliphatic carbocycles. The molecular formula is C13H16ClN3O2S. The number of nitrogens with one attached hydrogen (secondary N) is 1. The van der Waals surface area contributed by atoms with E-state index in [2.05, 4.69) is 4.72 Å². The van der Waals surface area contributed by atoms with E-state index < -0.39 is 10.0 Å². The van der Waals surface area contributed by atoms with Crippen LogP contribution in [0.5, 0.6) is 0 Å². The molecule has 0 atom stereocenters. The number of rotatable bonds is 4. The van der Waals surface area contributed by atoms with E-state index in [1.165, 1.54) is 12.1 Å². The second-order valence-electron chi connectivity index (χ2n) is 4.05. The van der Waals surface area contributed by atoms with E-state index in [1.54, 1.807) is 24.3 Å². The summed E-state index contributed by atoms with van der Waals surface area (Å²) in [5.41, 5.74) is 6.02. The second-order valence-corrected chi connectivity index (χ2v) is 5.73. The van der Waals surface area contributed by atoms with Crippen LogP contribution in [0.3, 0.4) is 0 Å². The Kier molecular flexibility index (Phi) is 5.35. The summed E-state index contributed by atoms with van der Waals surface area (Å²) >= 11 is 0. The Bertz CT molecular complexity index is 690. The minimum absolute atomic E-state index is 0. The van der Waals surface area contributed by atoms with E-state index in [0.717, 1.165) is 0 Å². The predicted octanol–water partition coefficient (Wildman–Crippen LogP) is -1.62. The average Bonchev–Trinajstić information content (AvgIpc) is 2.39. The molecule has 1 heterocycles. The van der Waals surface area contributed by atoms with Crippen molar-refractivity contribution in [2.24, 2.45) is 0 Å². The summed E-state index contributed by atoms with van der Waals surface area (Å²) < 4.78 is 28.9. The third kappa shape index (κ3) is 3.61. The molecule has 0 radical (unpaired) electrons. The van der Waals surface area contributed by atoms with Crippen molar-refractivity contribution in [3.05, 3.63) is 48.7 Å². The smallest absolute Gasteiger partial charge is 0.328 e. The molecule has 2 rings (SSSR count). The topological polar surface area (TPSA) is 76.1 Å². The fourth-order valence-electron chi connectivity index (χ4n) is 1.72. The lowest BCUT2D eigenvalue weighted by molar-refractivity contribution is -0.679. The monoisotopic (exact) mass is 313 g/mol. The van der Waals surface area contributed by atoms with Crippen LogP contribution < -0.4 is 27.4 Å². The van der Waals surface area contributed by atoms with Gasteiger partial charge in [-0.3, -0.25) is 0 Å². The van der Waals surface area contributed by atoms with Gasteiger partial charge in [0.15, 0.2) is 0 Å². The van der Waals surface area contributed by atoms with Crippen LogP contribution in [0.1, 0.15) is 6.92 Å². The summed E-state index contributed by atoms with van der Waals surface area (Å²) in [5.74, 6) is 0.521. The summed E-state index contributed by atoms with van der Waals surface area (Å²) in [6, 6.07) is 11.6. The molecule has 0 saturated heterocycles. The molecule has 1 aromatic carbocycles. The Balaban J connectivity index is 0.00000200. The van der Waals surface area contributed by atoms with Gasteiger partial charge in [0.2, 0.25) is 0 Å². The fraction of sp³-hybridized carbons (Fsp3) is 0.154. The van der Waals surface area contributed by atoms with Crippen LogP contribution in [0.2, 0.25) is 0 Å². The molecule has 7 heteroatoms. The standard InChI is InChI=1S/C13H15N3O2S.ClH/c1-2-16-9-4-3-8-13(16)15-19(17,18)12-7-5-6-11(14)10-12;/h3-10H,2,14H2,1H3;1H. The second kappa shape index (κ2) is 6.58. The van der Waals surface area contributed by atoms with E-state index in [0.29, 0.717) is 18.1 Å². The number of benzene rings is 1. The molecule has 0 unspecified atom stereocenters. The molecule has 0 saturated carbocycles. The number of anilines is 2. The number of aryl methyl sites for hydroxylation is 1. The normalized spacial score (nSPS) is 10.7. The van der Waals surface area contributed by atoms with Crippen molar-refractivity contribution >= 4 is 21.5 Å². The molecule has 0 aliphatic heterocycles. The number of pyridine rings is 1. The minimum atomic E-state index is -3.62. The molecule has 0 bridgehead atoms. The first-order valence-electron chi connectivity index (χ1n) is 5.90. The Morgan fingerprint density at radius 1 is 1.20 bits per heavy atom. The lowest BCUT2D eigenvalue weighted by Crippen LogP contribution is -3.00. The fourth-order valence-corrected chi connectivity index (χ4v) is 2.85. The molecule has 20 heavy (non-hydrogen) atoms. The van der Waals surface area contributed by atoms with E-state index in [4.69, 9.17) is 5.73 Å². The van der Waals surface area contributed by atoms with Gasteiger partial charge < -0.3 is 18.1 Å². The molecule has 5 nitrogen and oxygen atoms in total. The molecule has 108 valence electrons. The third-order valence-corrected chi connectivity index (χ3v) is 4.04. The number of hydrogen-bond donors (Lipinski definition) is 2. The maximum absolute atomic E-state index is 12.2. The van der Waals surface area contributed by atoms with Gasteiger partial charge in [-0.1, -0.05) is 12.1 Å². The van der Waals surface area contributed by atoms with Crippen molar-refractivity contribution in [3.8, 4) is 0 Å². The van der Waals surface area contributed by atoms with Crippen LogP contribution in [-0.4, -0.2) is 8.42 Å². The van der Waals surface area contributed by atoms with Crippen molar-refractivity contribution in [1.29, 1.82) is 0 Å². The number of nitrogen functional groups attached to an aromatic ring is 1. The first kappa shape index (κ1) is 16.3. The average molecular weight is 314 g/mol. The zero-order valence-corrected chi connectivity index (χ0v) is 12.5. The van der Waals surface area contributed by atoms with Crippen molar-refractivity contribution in [2.75, 3.05) is 10.5 Å². The minimum Gasteiger partial charge on any atom is -1.00 e. The highest BCUT2D eigenvalue weighted by molar-refractivity contribution is 7.92. The van der Waals surface area contributed by atoms with Crippen LogP contribution in [0, 0.1) is 0 Å². The van der Waals surface area contributed by atoms with Gasteiger partial charge in [0.1, 0.15) is 4.90 Å². The summed E-state index contributed by atoms with van der Waals surface area (Å²) in [6.07, 6.45) is 1.82. The molecule has 0 fully saturated rings. The number of halogens is 1. The van der Waals surface area contributed by atoms with Crippen LogP contribution in [0.4, 0.5) is 11.5 Å². The molecular weight excluding hydrogens is 298 g/mol. The van der Waals surface area contributed by atoms with Gasteiger partial charge in [0.25, 0.3) is 5.82 Å². The Labute approximate surface area is 124 Å². The van der Waals surface area contributed by atoms with Gasteiger partial charge >= 0.3 is 10.0 Å². The summed E-state index contributed by atoms with van der Waals surface area (Å²) in [5, 5.41) is 0. The lowest BCUT2D eigenvalue weighted by Gasteiger charge is -2.06. The molecule has 0 amide bonds. The van der Waals surface area contributed by atoms with Crippen molar-refractivity contribution in [2.45, 2.75) is 18.4 Å². The van der Waals surface area contributed by atoms with Gasteiger partial charge in [-0.05, 0) is 31.2 Å². The van der Waals surface area contributed by atoms with Crippen molar-refractivity contribution < 1.29 is 25.4 Å². The first-order valence-corrected chi connectivity index (χ1v) is 7.38. The van der Waals surface area contributed by atoms with Crippen molar-refractivity contribution in [1.82, 2.24) is 0 Å². The lowest BCUT2D eigenvalue weighted by atomic mass is 10.3. The zero-order valence-electron chi connectivity index (χ0n) is 11.0. The van der Waals surface area contributed by atoms with Crippen LogP contribution >= 0.6 is 0 Å². The highest BCUT2D eigenvalue weighted by Crippen LogP contribution is 2.15. The van der Waals surface area contributed by atoms with Gasteiger partial charge in [0, 0.05) is 11.8 Å². The van der Waals surface area contributed by atoms with Crippen LogP contribution in [-0.2, 0) is 16.6 Å². The van der Waals surface area contributed by atoms with E-state index in [1.807, 2.05) is 23.8 Å². The SMILES string of the molecule is CC[n+]1ccccc1NS(=O)(=O)c1cccc(N)c1.[Cl-]. The Morgan fingerprint density at radius 2 is 1.95 bits per heavy atom. The number of nitrogens with two attached hydrogens (primary N) is 1. The molecule has 2 aromatic rings. The molecule has 0 spiro atoms. The van der Waals surface area contributed by atoms with Crippen LogP contribution in [0.15, 0.2) is 53.6 Å². The van der Waals surface area contributed by atoms with Gasteiger partial charge in [-0.25, -0.2) is 4.57 Å². The van der Waals surface area contributed by atoms with E-state index in [-0.39, 0.29) is 17.3 Å². The highest BCUT2D eigenvalue weighted by Gasteiger charge is 2.21. The van der Waals surface area contributed by atoms with E-state index in [9.17, 15) is 8.42 Å². The van der Waals surface area contributed by atoms with E-state index >= 15 is 0 Å². The largest absolute Gasteiger partial charge is 1.00 e. The first-order chi connectivity index (χ1) is 9.03. The number of nitrogens with zero attached hydrogens (tertiary/aromatic N) is 1. The Morgan fingerprint density at radius 3 is 2.60 bits per heavy atom. The number of sulfonamides is 1. The quantitative estimate of drug-likeness (QED) is 0.526. The number of aromatic nitrogens is 1. The molecule has 3 N–H and O–H groups in total. The zero-order chi connectivity index (χ0) is 13.9. The Hall–Kier alpha value is -1.79. The van der Waals surface area contributed by atoms with Gasteiger partial charge in [-0.2, -0.15) is 13.1 Å². The van der Waals surface area contributed by atoms with Crippen LogP contribution in [0.25, 0.3) is 0 Å². The van der Waals surface area contributed by atoms with Gasteiger partial charge in [0.05, 0.1) is 12.7 Å². The summed E-state index contributed by atoms with van der Waals surface area (Å²) in [6.45, 7) is 2.62. The molecule has 0 aliphatic rings. The summed E-state index contributed by atoms with van der Waals surface area (Å²) in [7, 11) is -3.62. The van der Waals surface area contributed by atoms with Crippen molar-refractivity contribution in [3.63, 3.8) is 0 Å². The maximum Gasteiger partial charge on any atom is 0.328 e. The predicted molar refractivity (Wildman–Crippen MR) is 74.0 cm³/mol. The van der Waals surface area contributed by atoms with Gasteiger partial charge in [-0.15, -0.1) is 0 Å². The third-order valence-electron chi connectivity index (χ3n) is 2.69. The molecule has 1 aromatic heterocycles. The maximum atomic E-state index is 12.2. The number of hydrogen-bond acceptors (Lipinski definition) is 3. The highest BCUT2D eigenvalue weighted by atomic mass is 35.5. The summed E-state index contributed by atoms with van der Waals surface area (Å²) in [4.78, 5) is 0.152.